The van der Waals surface area contributed by atoms with E-state index in [0.717, 1.165) is 19.6 Å². The maximum absolute atomic E-state index is 10.7. The fraction of sp³-hybridized carbons (Fsp3) is 0.636. The van der Waals surface area contributed by atoms with Crippen molar-refractivity contribution in [2.24, 2.45) is 5.92 Å². The Labute approximate surface area is 95.7 Å². The first-order valence-electron chi connectivity index (χ1n) is 5.54. The monoisotopic (exact) mass is 225 g/mol. The number of aromatic nitrogens is 2. The van der Waals surface area contributed by atoms with Gasteiger partial charge in [0, 0.05) is 32.0 Å². The van der Waals surface area contributed by atoms with E-state index in [1.165, 1.54) is 0 Å². The molecule has 0 aromatic carbocycles. The molecule has 5 heteroatoms. The average Bonchev–Trinajstić information content (AvgIpc) is 2.76. The van der Waals surface area contributed by atoms with E-state index in [2.05, 4.69) is 9.88 Å². The minimum atomic E-state index is -0.735. The molecule has 0 fully saturated rings. The summed E-state index contributed by atoms with van der Waals surface area (Å²) in [6.07, 6.45) is 5.43. The van der Waals surface area contributed by atoms with E-state index < -0.39 is 5.97 Å². The molecule has 0 bridgehead atoms. The van der Waals surface area contributed by atoms with Crippen molar-refractivity contribution in [3.8, 4) is 0 Å². The zero-order valence-corrected chi connectivity index (χ0v) is 9.83. The number of likely N-dealkylation sites (N-methyl/N-ethyl adjacent to an activating group) is 1. The fourth-order valence-corrected chi connectivity index (χ4v) is 1.52. The highest BCUT2D eigenvalue weighted by Gasteiger charge is 2.14. The molecule has 90 valence electrons. The molecular weight excluding hydrogens is 206 g/mol. The molecule has 0 radical (unpaired) electrons. The van der Waals surface area contributed by atoms with Gasteiger partial charge in [0.25, 0.3) is 0 Å². The highest BCUT2D eigenvalue weighted by molar-refractivity contribution is 5.69. The summed E-state index contributed by atoms with van der Waals surface area (Å²) in [4.78, 5) is 16.8. The van der Waals surface area contributed by atoms with Gasteiger partial charge in [-0.3, -0.25) is 4.79 Å². The molecule has 1 rings (SSSR count). The van der Waals surface area contributed by atoms with Crippen LogP contribution < -0.4 is 0 Å². The summed E-state index contributed by atoms with van der Waals surface area (Å²) in [5.41, 5.74) is 0. The van der Waals surface area contributed by atoms with E-state index in [0.29, 0.717) is 6.54 Å². The first-order valence-corrected chi connectivity index (χ1v) is 5.54. The van der Waals surface area contributed by atoms with Crippen molar-refractivity contribution in [3.05, 3.63) is 18.7 Å². The van der Waals surface area contributed by atoms with E-state index in [9.17, 15) is 4.79 Å². The summed E-state index contributed by atoms with van der Waals surface area (Å²) in [6, 6.07) is 0. The lowest BCUT2D eigenvalue weighted by Crippen LogP contribution is -2.34. The Bertz CT molecular complexity index is 311. The Morgan fingerprint density at radius 2 is 2.38 bits per heavy atom. The van der Waals surface area contributed by atoms with Crippen molar-refractivity contribution < 1.29 is 9.90 Å². The van der Waals surface area contributed by atoms with E-state index in [1.54, 1.807) is 19.4 Å². The van der Waals surface area contributed by atoms with Crippen LogP contribution in [0.15, 0.2) is 18.7 Å². The van der Waals surface area contributed by atoms with Gasteiger partial charge in [-0.2, -0.15) is 0 Å². The maximum atomic E-state index is 10.7. The molecule has 0 saturated heterocycles. The second-order valence-corrected chi connectivity index (χ2v) is 3.93. The summed E-state index contributed by atoms with van der Waals surface area (Å²) in [5, 5.41) is 8.84. The van der Waals surface area contributed by atoms with E-state index >= 15 is 0 Å². The van der Waals surface area contributed by atoms with Gasteiger partial charge < -0.3 is 14.6 Å². The third-order valence-corrected chi connectivity index (χ3v) is 2.63. The van der Waals surface area contributed by atoms with Crippen LogP contribution in [0.4, 0.5) is 0 Å². The molecule has 0 aliphatic carbocycles. The number of carboxylic acid groups (broad SMARTS) is 1. The third kappa shape index (κ3) is 4.02. The van der Waals surface area contributed by atoms with Crippen LogP contribution in [0.3, 0.4) is 0 Å². The quantitative estimate of drug-likeness (QED) is 0.750. The van der Waals surface area contributed by atoms with Crippen molar-refractivity contribution in [3.63, 3.8) is 0 Å². The van der Waals surface area contributed by atoms with E-state index in [-0.39, 0.29) is 5.92 Å². The Morgan fingerprint density at radius 1 is 1.62 bits per heavy atom. The molecule has 1 aromatic heterocycles. The molecule has 1 atom stereocenters. The van der Waals surface area contributed by atoms with Gasteiger partial charge in [0.15, 0.2) is 0 Å². The Morgan fingerprint density at radius 3 is 2.88 bits per heavy atom. The second kappa shape index (κ2) is 6.27. The zero-order valence-electron chi connectivity index (χ0n) is 9.83. The Hall–Kier alpha value is -1.36. The predicted octanol–water partition coefficient (Wildman–Crippen LogP) is 0.926. The summed E-state index contributed by atoms with van der Waals surface area (Å²) in [5.74, 6) is -1.05. The van der Waals surface area contributed by atoms with E-state index in [4.69, 9.17) is 5.11 Å². The van der Waals surface area contributed by atoms with Crippen molar-refractivity contribution in [1.29, 1.82) is 0 Å². The lowest BCUT2D eigenvalue weighted by atomic mass is 10.1. The smallest absolute Gasteiger partial charge is 0.307 e. The molecule has 1 unspecified atom stereocenters. The lowest BCUT2D eigenvalue weighted by Gasteiger charge is -2.22. The number of nitrogens with zero attached hydrogens (tertiary/aromatic N) is 3. The van der Waals surface area contributed by atoms with Gasteiger partial charge in [-0.05, 0) is 6.54 Å². The van der Waals surface area contributed by atoms with Crippen LogP contribution in [0, 0.1) is 5.92 Å². The number of hydrogen-bond acceptors (Lipinski definition) is 3. The first-order chi connectivity index (χ1) is 7.63. The van der Waals surface area contributed by atoms with Crippen LogP contribution in [-0.2, 0) is 11.3 Å². The fourth-order valence-electron chi connectivity index (χ4n) is 1.52. The number of carboxylic acids is 1. The van der Waals surface area contributed by atoms with Gasteiger partial charge in [-0.15, -0.1) is 0 Å². The number of imidazole rings is 1. The molecule has 5 nitrogen and oxygen atoms in total. The van der Waals surface area contributed by atoms with Crippen LogP contribution in [0.25, 0.3) is 0 Å². The van der Waals surface area contributed by atoms with Crippen molar-refractivity contribution >= 4 is 5.97 Å². The number of rotatable bonds is 7. The minimum absolute atomic E-state index is 0.317. The number of carbonyl (C=O) groups is 1. The predicted molar refractivity (Wildman–Crippen MR) is 61.1 cm³/mol. The molecule has 0 spiro atoms. The SMILES string of the molecule is CCN(CCn1ccnc1)CC(C)C(=O)O. The summed E-state index contributed by atoms with van der Waals surface area (Å²) in [7, 11) is 0. The molecule has 0 aliphatic heterocycles. The normalized spacial score (nSPS) is 12.9. The summed E-state index contributed by atoms with van der Waals surface area (Å²) >= 11 is 0. The van der Waals surface area contributed by atoms with Crippen molar-refractivity contribution in [1.82, 2.24) is 14.5 Å². The van der Waals surface area contributed by atoms with Gasteiger partial charge in [-0.1, -0.05) is 13.8 Å². The molecule has 1 heterocycles. The van der Waals surface area contributed by atoms with Crippen LogP contribution in [0.1, 0.15) is 13.8 Å². The molecule has 1 N–H and O–H groups in total. The Kier molecular flexibility index (Phi) is 4.98. The lowest BCUT2D eigenvalue weighted by molar-refractivity contribution is -0.141. The molecule has 0 aliphatic rings. The largest absolute Gasteiger partial charge is 0.481 e. The zero-order chi connectivity index (χ0) is 12.0. The molecule has 0 saturated carbocycles. The first kappa shape index (κ1) is 12.7. The van der Waals surface area contributed by atoms with Gasteiger partial charge in [0.05, 0.1) is 12.2 Å². The van der Waals surface area contributed by atoms with E-state index in [1.807, 2.05) is 17.7 Å². The maximum Gasteiger partial charge on any atom is 0.307 e. The van der Waals surface area contributed by atoms with Gasteiger partial charge in [0.1, 0.15) is 0 Å². The van der Waals surface area contributed by atoms with Gasteiger partial charge in [-0.25, -0.2) is 4.98 Å². The molecule has 16 heavy (non-hydrogen) atoms. The number of aliphatic carboxylic acids is 1. The second-order valence-electron chi connectivity index (χ2n) is 3.93. The van der Waals surface area contributed by atoms with Gasteiger partial charge in [0.2, 0.25) is 0 Å². The number of hydrogen-bond donors (Lipinski definition) is 1. The van der Waals surface area contributed by atoms with Crippen LogP contribution in [0.2, 0.25) is 0 Å². The third-order valence-electron chi connectivity index (χ3n) is 2.63. The highest BCUT2D eigenvalue weighted by atomic mass is 16.4. The van der Waals surface area contributed by atoms with Crippen molar-refractivity contribution in [2.75, 3.05) is 19.6 Å². The van der Waals surface area contributed by atoms with Crippen molar-refractivity contribution in [2.45, 2.75) is 20.4 Å². The average molecular weight is 225 g/mol. The Balaban J connectivity index is 2.34. The topological polar surface area (TPSA) is 58.4 Å². The van der Waals surface area contributed by atoms with Crippen LogP contribution >= 0.6 is 0 Å². The van der Waals surface area contributed by atoms with Crippen LogP contribution in [0.5, 0.6) is 0 Å². The summed E-state index contributed by atoms with van der Waals surface area (Å²) < 4.78 is 1.99. The summed E-state index contributed by atoms with van der Waals surface area (Å²) in [6.45, 7) is 6.95. The highest BCUT2D eigenvalue weighted by Crippen LogP contribution is 2.00. The molecule has 1 aromatic rings. The van der Waals surface area contributed by atoms with Gasteiger partial charge >= 0.3 is 5.97 Å². The van der Waals surface area contributed by atoms with Crippen LogP contribution in [-0.4, -0.2) is 45.2 Å². The molecule has 0 amide bonds. The molecular formula is C11H19N3O2. The minimum Gasteiger partial charge on any atom is -0.481 e. The standard InChI is InChI=1S/C11H19N3O2/c1-3-13(8-10(2)11(15)16)6-7-14-5-4-12-9-14/h4-5,9-10H,3,6-8H2,1-2H3,(H,15,16).